The van der Waals surface area contributed by atoms with Gasteiger partial charge in [-0.05, 0) is 23.8 Å². The Kier molecular flexibility index (Phi) is 4.41. The molecule has 0 radical (unpaired) electrons. The minimum Gasteiger partial charge on any atom is -0.477 e. The number of carboxylic acids is 1. The highest BCUT2D eigenvalue weighted by Crippen LogP contribution is 2.14. The molecular weight excluding hydrogens is 234 g/mol. The van der Waals surface area contributed by atoms with Crippen LogP contribution in [0.2, 0.25) is 0 Å². The van der Waals surface area contributed by atoms with Crippen molar-refractivity contribution >= 4 is 18.0 Å². The smallest absolute Gasteiger partial charge is 0.346 e. The summed E-state index contributed by atoms with van der Waals surface area (Å²) in [6.07, 6.45) is 2.26. The summed E-state index contributed by atoms with van der Waals surface area (Å²) in [4.78, 5) is 21.5. The van der Waals surface area contributed by atoms with Gasteiger partial charge in [0.1, 0.15) is 17.4 Å². The molecule has 0 amide bonds. The van der Waals surface area contributed by atoms with Gasteiger partial charge in [-0.3, -0.25) is 0 Å². The van der Waals surface area contributed by atoms with Crippen LogP contribution in [0.25, 0.3) is 6.08 Å². The molecule has 1 aromatic carbocycles. The first-order valence-corrected chi connectivity index (χ1v) is 4.86. The van der Waals surface area contributed by atoms with Crippen LogP contribution in [0.4, 0.5) is 0 Å². The zero-order chi connectivity index (χ0) is 13.5. The first-order valence-electron chi connectivity index (χ1n) is 4.86. The molecule has 1 rings (SSSR count). The van der Waals surface area contributed by atoms with Crippen molar-refractivity contribution in [3.63, 3.8) is 0 Å². The Labute approximate surface area is 103 Å². The average molecular weight is 243 g/mol. The quantitative estimate of drug-likeness (QED) is 0.377. The molecule has 90 valence electrons. The van der Waals surface area contributed by atoms with Crippen molar-refractivity contribution in [3.8, 4) is 11.8 Å². The largest absolute Gasteiger partial charge is 0.477 e. The van der Waals surface area contributed by atoms with Crippen LogP contribution in [0, 0.1) is 11.3 Å². The standard InChI is InChI=1S/C13H9NO4/c1-2-12(15)18-11-5-3-9(4-6-11)7-10(8-14)13(16)17/h2-7H,1H2,(H,16,17). The third kappa shape index (κ3) is 3.61. The fraction of sp³-hybridized carbons (Fsp3) is 0. The third-order valence-corrected chi connectivity index (χ3v) is 1.93. The maximum absolute atomic E-state index is 10.9. The number of carbonyl (C=O) groups excluding carboxylic acids is 1. The second-order valence-corrected chi connectivity index (χ2v) is 3.17. The van der Waals surface area contributed by atoms with Crippen LogP contribution in [0.15, 0.2) is 42.5 Å². The summed E-state index contributed by atoms with van der Waals surface area (Å²) in [6, 6.07) is 7.62. The van der Waals surface area contributed by atoms with Crippen molar-refractivity contribution in [2.45, 2.75) is 0 Å². The molecule has 0 atom stereocenters. The predicted octanol–water partition coefficient (Wildman–Crippen LogP) is 1.77. The number of nitriles is 1. The van der Waals surface area contributed by atoms with E-state index in [9.17, 15) is 9.59 Å². The van der Waals surface area contributed by atoms with Gasteiger partial charge in [0.15, 0.2) is 0 Å². The van der Waals surface area contributed by atoms with E-state index >= 15 is 0 Å². The number of carboxylic acid groups (broad SMARTS) is 1. The van der Waals surface area contributed by atoms with Gasteiger partial charge in [-0.15, -0.1) is 0 Å². The minimum absolute atomic E-state index is 0.311. The van der Waals surface area contributed by atoms with Gasteiger partial charge >= 0.3 is 11.9 Å². The lowest BCUT2D eigenvalue weighted by Crippen LogP contribution is -2.02. The molecule has 5 nitrogen and oxygen atoms in total. The molecule has 0 saturated heterocycles. The first kappa shape index (κ1) is 13.2. The number of hydrogen-bond donors (Lipinski definition) is 1. The van der Waals surface area contributed by atoms with E-state index in [0.717, 1.165) is 6.08 Å². The van der Waals surface area contributed by atoms with Crippen LogP contribution in [0.3, 0.4) is 0 Å². The fourth-order valence-corrected chi connectivity index (χ4v) is 1.10. The maximum Gasteiger partial charge on any atom is 0.346 e. The monoisotopic (exact) mass is 243 g/mol. The zero-order valence-electron chi connectivity index (χ0n) is 9.29. The molecule has 0 aliphatic carbocycles. The molecular formula is C13H9NO4. The number of hydrogen-bond acceptors (Lipinski definition) is 4. The van der Waals surface area contributed by atoms with Crippen LogP contribution in [-0.4, -0.2) is 17.0 Å². The topological polar surface area (TPSA) is 87.4 Å². The molecule has 0 bridgehead atoms. The first-order chi connectivity index (χ1) is 8.56. The molecule has 0 aliphatic rings. The molecule has 0 aliphatic heterocycles. The van der Waals surface area contributed by atoms with Crippen molar-refractivity contribution in [2.24, 2.45) is 0 Å². The molecule has 18 heavy (non-hydrogen) atoms. The number of ether oxygens (including phenoxy) is 1. The van der Waals surface area contributed by atoms with Gasteiger partial charge in [-0.2, -0.15) is 5.26 Å². The highest BCUT2D eigenvalue weighted by molar-refractivity contribution is 5.96. The second kappa shape index (κ2) is 6.01. The Hall–Kier alpha value is -2.87. The molecule has 0 fully saturated rings. The summed E-state index contributed by atoms with van der Waals surface area (Å²) < 4.78 is 4.84. The predicted molar refractivity (Wildman–Crippen MR) is 63.5 cm³/mol. The Morgan fingerprint density at radius 1 is 1.33 bits per heavy atom. The lowest BCUT2D eigenvalue weighted by atomic mass is 10.1. The van der Waals surface area contributed by atoms with Crippen LogP contribution in [0.1, 0.15) is 5.56 Å². The summed E-state index contributed by atoms with van der Waals surface area (Å²) in [5, 5.41) is 17.3. The number of nitrogens with zero attached hydrogens (tertiary/aromatic N) is 1. The molecule has 0 unspecified atom stereocenters. The zero-order valence-corrected chi connectivity index (χ0v) is 9.29. The van der Waals surface area contributed by atoms with E-state index in [1.54, 1.807) is 6.07 Å². The molecule has 0 saturated carbocycles. The number of carbonyl (C=O) groups is 2. The highest BCUT2D eigenvalue weighted by Gasteiger charge is 2.05. The fourth-order valence-electron chi connectivity index (χ4n) is 1.10. The van der Waals surface area contributed by atoms with Gasteiger partial charge in [-0.1, -0.05) is 18.7 Å². The number of aliphatic carboxylic acids is 1. The Bertz CT molecular complexity index is 549. The molecule has 1 aromatic rings. The third-order valence-electron chi connectivity index (χ3n) is 1.93. The van der Waals surface area contributed by atoms with E-state index < -0.39 is 11.9 Å². The molecule has 0 aromatic heterocycles. The lowest BCUT2D eigenvalue weighted by molar-refractivity contribution is -0.132. The summed E-state index contributed by atoms with van der Waals surface area (Å²) in [7, 11) is 0. The highest BCUT2D eigenvalue weighted by atomic mass is 16.5. The van der Waals surface area contributed by atoms with Crippen molar-refractivity contribution < 1.29 is 19.4 Å². The summed E-state index contributed by atoms with van der Waals surface area (Å²) in [6.45, 7) is 3.26. The van der Waals surface area contributed by atoms with E-state index in [1.165, 1.54) is 30.3 Å². The molecule has 5 heteroatoms. The van der Waals surface area contributed by atoms with E-state index in [0.29, 0.717) is 11.3 Å². The van der Waals surface area contributed by atoms with Crippen molar-refractivity contribution in [1.29, 1.82) is 5.26 Å². The van der Waals surface area contributed by atoms with E-state index in [-0.39, 0.29) is 5.57 Å². The average Bonchev–Trinajstić information content (AvgIpc) is 2.37. The van der Waals surface area contributed by atoms with Crippen molar-refractivity contribution in [2.75, 3.05) is 0 Å². The normalized spacial score (nSPS) is 10.3. The van der Waals surface area contributed by atoms with Gasteiger partial charge in [0.05, 0.1) is 0 Å². The van der Waals surface area contributed by atoms with Crippen LogP contribution >= 0.6 is 0 Å². The van der Waals surface area contributed by atoms with Gasteiger partial charge in [0.2, 0.25) is 0 Å². The van der Waals surface area contributed by atoms with Crippen LogP contribution in [0.5, 0.6) is 5.75 Å². The summed E-state index contributed by atoms with van der Waals surface area (Å²) >= 11 is 0. The SMILES string of the molecule is C=CC(=O)Oc1ccc(C=C(C#N)C(=O)O)cc1. The lowest BCUT2D eigenvalue weighted by Gasteiger charge is -2.01. The van der Waals surface area contributed by atoms with Gasteiger partial charge in [0.25, 0.3) is 0 Å². The minimum atomic E-state index is -1.29. The Morgan fingerprint density at radius 3 is 2.39 bits per heavy atom. The van der Waals surface area contributed by atoms with Crippen LogP contribution in [-0.2, 0) is 9.59 Å². The number of esters is 1. The Balaban J connectivity index is 2.90. The molecule has 0 spiro atoms. The van der Waals surface area contributed by atoms with E-state index in [1.807, 2.05) is 0 Å². The van der Waals surface area contributed by atoms with Crippen LogP contribution < -0.4 is 4.74 Å². The van der Waals surface area contributed by atoms with E-state index in [4.69, 9.17) is 15.1 Å². The molecule has 0 heterocycles. The summed E-state index contributed by atoms with van der Waals surface area (Å²) in [5.41, 5.74) is 0.151. The Morgan fingerprint density at radius 2 is 1.94 bits per heavy atom. The van der Waals surface area contributed by atoms with Crippen molar-refractivity contribution in [1.82, 2.24) is 0 Å². The maximum atomic E-state index is 10.9. The van der Waals surface area contributed by atoms with Gasteiger partial charge in [-0.25, -0.2) is 9.59 Å². The second-order valence-electron chi connectivity index (χ2n) is 3.17. The molecule has 1 N–H and O–H groups in total. The van der Waals surface area contributed by atoms with Crippen molar-refractivity contribution in [3.05, 3.63) is 48.1 Å². The summed E-state index contributed by atoms with van der Waals surface area (Å²) in [5.74, 6) is -1.56. The van der Waals surface area contributed by atoms with E-state index in [2.05, 4.69) is 6.58 Å². The number of rotatable bonds is 4. The number of benzene rings is 1. The van der Waals surface area contributed by atoms with Gasteiger partial charge < -0.3 is 9.84 Å². The van der Waals surface area contributed by atoms with Gasteiger partial charge in [0, 0.05) is 6.08 Å².